The second-order valence-corrected chi connectivity index (χ2v) is 10.8. The summed E-state index contributed by atoms with van der Waals surface area (Å²) in [5.41, 5.74) is -4.60. The van der Waals surface area contributed by atoms with Crippen LogP contribution in [0.1, 0.15) is 66.5 Å². The SMILES string of the molecule is CC(C(OC=O)c1cc(C(F)(F)F)cc(C(F)(F)F)c1)N(C)Cc1cc(C(F)(F)F)cnc1N(C1CCOCC1)C1CC1. The van der Waals surface area contributed by atoms with Crippen LogP contribution in [0.3, 0.4) is 0 Å². The molecule has 2 atom stereocenters. The summed E-state index contributed by atoms with van der Waals surface area (Å²) in [5.74, 6) is 0.313. The van der Waals surface area contributed by atoms with Crippen molar-refractivity contribution >= 4 is 12.3 Å². The van der Waals surface area contributed by atoms with Crippen molar-refractivity contribution in [3.63, 3.8) is 0 Å². The Hall–Kier alpha value is -3.07. The zero-order chi connectivity index (χ0) is 31.7. The lowest BCUT2D eigenvalue weighted by molar-refractivity contribution is -0.143. The number of likely N-dealkylation sites (N-methyl/N-ethyl adjacent to an activating group) is 1. The molecule has 1 aromatic carbocycles. The lowest BCUT2D eigenvalue weighted by atomic mass is 9.96. The van der Waals surface area contributed by atoms with E-state index in [1.54, 1.807) is 0 Å². The molecule has 0 spiro atoms. The van der Waals surface area contributed by atoms with E-state index >= 15 is 0 Å². The van der Waals surface area contributed by atoms with Gasteiger partial charge in [-0.1, -0.05) is 0 Å². The van der Waals surface area contributed by atoms with E-state index < -0.39 is 52.9 Å². The van der Waals surface area contributed by atoms with Crippen LogP contribution in [-0.2, 0) is 39.3 Å². The summed E-state index contributed by atoms with van der Waals surface area (Å²) >= 11 is 0. The van der Waals surface area contributed by atoms with E-state index in [0.717, 1.165) is 25.1 Å². The van der Waals surface area contributed by atoms with E-state index in [9.17, 15) is 44.3 Å². The van der Waals surface area contributed by atoms with Crippen LogP contribution in [0.4, 0.5) is 45.3 Å². The molecule has 2 unspecified atom stereocenters. The first-order chi connectivity index (χ1) is 20.0. The number of pyridine rings is 1. The highest BCUT2D eigenvalue weighted by Gasteiger charge is 2.41. The molecule has 0 radical (unpaired) electrons. The Bertz CT molecular complexity index is 1240. The van der Waals surface area contributed by atoms with Crippen molar-refractivity contribution in [2.45, 2.75) is 81.9 Å². The molecular formula is C28H30F9N3O3. The summed E-state index contributed by atoms with van der Waals surface area (Å²) in [6.45, 7) is 2.01. The second-order valence-electron chi connectivity index (χ2n) is 10.8. The van der Waals surface area contributed by atoms with Gasteiger partial charge in [-0.05, 0) is 69.5 Å². The number of carbonyl (C=O) groups is 1. The topological polar surface area (TPSA) is 54.9 Å². The van der Waals surface area contributed by atoms with Gasteiger partial charge in [-0.2, -0.15) is 39.5 Å². The molecule has 1 aliphatic heterocycles. The van der Waals surface area contributed by atoms with E-state index in [1.165, 1.54) is 18.9 Å². The third-order valence-corrected chi connectivity index (χ3v) is 7.73. The quantitative estimate of drug-likeness (QED) is 0.209. The number of ether oxygens (including phenoxy) is 2. The molecule has 2 fully saturated rings. The molecule has 2 aliphatic rings. The van der Waals surface area contributed by atoms with Crippen molar-refractivity contribution in [3.8, 4) is 0 Å². The molecule has 1 saturated heterocycles. The molecule has 4 rings (SSSR count). The summed E-state index contributed by atoms with van der Waals surface area (Å²) in [6, 6.07) is 0.779. The number of hydrogen-bond acceptors (Lipinski definition) is 6. The van der Waals surface area contributed by atoms with Gasteiger partial charge in [-0.15, -0.1) is 0 Å². The van der Waals surface area contributed by atoms with Crippen LogP contribution in [0.5, 0.6) is 0 Å². The van der Waals surface area contributed by atoms with Crippen LogP contribution in [-0.4, -0.2) is 54.7 Å². The molecule has 2 aromatic rings. The fourth-order valence-corrected chi connectivity index (χ4v) is 5.28. The van der Waals surface area contributed by atoms with Crippen LogP contribution in [0.15, 0.2) is 30.5 Å². The highest BCUT2D eigenvalue weighted by Crippen LogP contribution is 2.41. The van der Waals surface area contributed by atoms with Crippen molar-refractivity contribution in [1.82, 2.24) is 9.88 Å². The van der Waals surface area contributed by atoms with Crippen LogP contribution < -0.4 is 4.90 Å². The van der Waals surface area contributed by atoms with Gasteiger partial charge < -0.3 is 14.4 Å². The number of halogens is 9. The summed E-state index contributed by atoms with van der Waals surface area (Å²) in [4.78, 5) is 19.0. The molecule has 0 amide bonds. The smallest absolute Gasteiger partial charge is 0.417 e. The Morgan fingerprint density at radius 3 is 1.91 bits per heavy atom. The number of anilines is 1. The highest BCUT2D eigenvalue weighted by atomic mass is 19.4. The van der Waals surface area contributed by atoms with Gasteiger partial charge in [0.1, 0.15) is 11.9 Å². The maximum absolute atomic E-state index is 13.7. The monoisotopic (exact) mass is 627 g/mol. The van der Waals surface area contributed by atoms with Gasteiger partial charge in [0.2, 0.25) is 0 Å². The zero-order valence-corrected chi connectivity index (χ0v) is 23.2. The molecule has 6 nitrogen and oxygen atoms in total. The third-order valence-electron chi connectivity index (χ3n) is 7.73. The fraction of sp³-hybridized carbons (Fsp3) is 0.571. The van der Waals surface area contributed by atoms with Crippen LogP contribution in [0.2, 0.25) is 0 Å². The number of benzene rings is 1. The van der Waals surface area contributed by atoms with Gasteiger partial charge in [0, 0.05) is 49.6 Å². The first-order valence-electron chi connectivity index (χ1n) is 13.5. The van der Waals surface area contributed by atoms with Crippen molar-refractivity contribution in [2.75, 3.05) is 25.2 Å². The lowest BCUT2D eigenvalue weighted by Crippen LogP contribution is -2.43. The molecule has 1 aliphatic carbocycles. The Morgan fingerprint density at radius 2 is 1.42 bits per heavy atom. The molecule has 43 heavy (non-hydrogen) atoms. The Labute approximate surface area is 241 Å². The zero-order valence-electron chi connectivity index (χ0n) is 23.2. The minimum absolute atomic E-state index is 0.0380. The molecule has 0 bridgehead atoms. The second kappa shape index (κ2) is 12.5. The van der Waals surface area contributed by atoms with Crippen LogP contribution in [0.25, 0.3) is 0 Å². The molecule has 1 saturated carbocycles. The van der Waals surface area contributed by atoms with Crippen LogP contribution in [0, 0.1) is 0 Å². The number of alkyl halides is 9. The number of hydrogen-bond donors (Lipinski definition) is 0. The Kier molecular flexibility index (Phi) is 9.55. The molecule has 238 valence electrons. The van der Waals surface area contributed by atoms with Crippen molar-refractivity contribution in [2.24, 2.45) is 0 Å². The number of rotatable bonds is 10. The van der Waals surface area contributed by atoms with Gasteiger partial charge in [-0.25, -0.2) is 4.98 Å². The van der Waals surface area contributed by atoms with E-state index in [1.807, 2.05) is 4.90 Å². The fourth-order valence-electron chi connectivity index (χ4n) is 5.28. The van der Waals surface area contributed by atoms with Crippen molar-refractivity contribution in [1.29, 1.82) is 0 Å². The van der Waals surface area contributed by atoms with Crippen molar-refractivity contribution < 1.29 is 53.8 Å². The number of nitrogens with zero attached hydrogens (tertiary/aromatic N) is 3. The highest BCUT2D eigenvalue weighted by molar-refractivity contribution is 5.52. The molecule has 1 aromatic heterocycles. The first kappa shape index (κ1) is 32.8. The van der Waals surface area contributed by atoms with Gasteiger partial charge in [0.05, 0.1) is 16.7 Å². The van der Waals surface area contributed by atoms with Gasteiger partial charge in [0.15, 0.2) is 0 Å². The number of aromatic nitrogens is 1. The molecule has 15 heteroatoms. The molecule has 2 heterocycles. The van der Waals surface area contributed by atoms with Gasteiger partial charge in [0.25, 0.3) is 6.47 Å². The molecular weight excluding hydrogens is 597 g/mol. The van der Waals surface area contributed by atoms with E-state index in [2.05, 4.69) is 4.98 Å². The summed E-state index contributed by atoms with van der Waals surface area (Å²) in [6.07, 6.45) is -13.0. The summed E-state index contributed by atoms with van der Waals surface area (Å²) < 4.78 is 133. The standard InChI is InChI=1S/C28H30F9N3O3/c1-16(24(43-15-41)17-9-19(26(29,30)31)12-20(10-17)27(32,33)34)39(2)14-18-11-21(28(35,36)37)13-38-25(18)40(22-3-4-22)23-5-7-42-8-6-23/h9-13,15-16,22-24H,3-8,14H2,1-2H3. The predicted molar refractivity (Wildman–Crippen MR) is 136 cm³/mol. The number of carbonyl (C=O) groups excluding carboxylic acids is 1. The first-order valence-corrected chi connectivity index (χ1v) is 13.5. The van der Waals surface area contributed by atoms with E-state index in [4.69, 9.17) is 9.47 Å². The average molecular weight is 628 g/mol. The summed E-state index contributed by atoms with van der Waals surface area (Å²) in [5, 5.41) is 0. The maximum atomic E-state index is 13.7. The van der Waals surface area contributed by atoms with Crippen LogP contribution >= 0.6 is 0 Å². The Balaban J connectivity index is 1.72. The van der Waals surface area contributed by atoms with E-state index in [-0.39, 0.29) is 36.7 Å². The summed E-state index contributed by atoms with van der Waals surface area (Å²) in [7, 11) is 1.42. The van der Waals surface area contributed by atoms with Crippen molar-refractivity contribution in [3.05, 3.63) is 58.3 Å². The minimum Gasteiger partial charge on any atom is -0.458 e. The normalized spacial score (nSPS) is 18.4. The minimum atomic E-state index is -5.13. The predicted octanol–water partition coefficient (Wildman–Crippen LogP) is 7.02. The average Bonchev–Trinajstić information content (AvgIpc) is 3.76. The largest absolute Gasteiger partial charge is 0.458 e. The van der Waals surface area contributed by atoms with E-state index in [0.29, 0.717) is 44.0 Å². The maximum Gasteiger partial charge on any atom is 0.417 e. The molecule has 0 N–H and O–H groups in total. The lowest BCUT2D eigenvalue weighted by Gasteiger charge is -2.38. The van der Waals surface area contributed by atoms with Gasteiger partial charge >= 0.3 is 18.5 Å². The van der Waals surface area contributed by atoms with Gasteiger partial charge in [-0.3, -0.25) is 9.69 Å². The third kappa shape index (κ3) is 7.91. The Morgan fingerprint density at radius 1 is 0.884 bits per heavy atom.